The van der Waals surface area contributed by atoms with E-state index in [1.54, 1.807) is 0 Å². The second-order valence-corrected chi connectivity index (χ2v) is 6.75. The van der Waals surface area contributed by atoms with E-state index in [0.29, 0.717) is 0 Å². The van der Waals surface area contributed by atoms with Crippen LogP contribution in [0.1, 0.15) is 40.9 Å². The number of rotatable bonds is 6. The van der Waals surface area contributed by atoms with E-state index in [1.165, 1.54) is 24.5 Å². The second kappa shape index (κ2) is 8.86. The smallest absolute Gasteiger partial charge is 0.418 e. The zero-order chi connectivity index (χ0) is 21.7. The molecule has 8 heteroatoms. The van der Waals surface area contributed by atoms with Crippen LogP contribution in [0.15, 0.2) is 71.3 Å². The molecule has 2 aromatic carbocycles. The Hall–Kier alpha value is -3.55. The minimum absolute atomic E-state index is 0.0261. The fraction of sp³-hybridized carbons (Fsp3) is 0.182. The summed E-state index contributed by atoms with van der Waals surface area (Å²) in [5, 5.41) is 4.68. The van der Waals surface area contributed by atoms with Gasteiger partial charge >= 0.3 is 6.18 Å². The van der Waals surface area contributed by atoms with E-state index in [9.17, 15) is 22.8 Å². The third-order valence-corrected chi connectivity index (χ3v) is 4.46. The van der Waals surface area contributed by atoms with Gasteiger partial charge in [-0.05, 0) is 41.8 Å². The van der Waals surface area contributed by atoms with E-state index >= 15 is 0 Å². The van der Waals surface area contributed by atoms with Crippen molar-refractivity contribution in [3.8, 4) is 0 Å². The maximum Gasteiger partial charge on any atom is 0.418 e. The highest BCUT2D eigenvalue weighted by molar-refractivity contribution is 6.02. The standard InChI is InChI=1S/C22H19F3N2O3/c1-14(15-6-3-2-4-7-15)12-20(28)27-18-10-9-16(13-17(18)22(23,24)25)26-21(29)19-8-5-11-30-19/h2-11,13-14H,12H2,1H3,(H,26,29)(H,27,28)/t14-/m1/s1. The first-order valence-corrected chi connectivity index (χ1v) is 9.15. The lowest BCUT2D eigenvalue weighted by Gasteiger charge is -2.17. The molecule has 1 heterocycles. The number of anilines is 2. The zero-order valence-corrected chi connectivity index (χ0v) is 16.0. The van der Waals surface area contributed by atoms with Gasteiger partial charge in [0.2, 0.25) is 5.91 Å². The van der Waals surface area contributed by atoms with Gasteiger partial charge in [-0.1, -0.05) is 37.3 Å². The molecule has 156 valence electrons. The lowest BCUT2D eigenvalue weighted by atomic mass is 9.97. The number of amides is 2. The van der Waals surface area contributed by atoms with Gasteiger partial charge in [-0.3, -0.25) is 9.59 Å². The predicted octanol–water partition coefficient (Wildman–Crippen LogP) is 5.68. The van der Waals surface area contributed by atoms with E-state index in [0.717, 1.165) is 17.7 Å². The Bertz CT molecular complexity index is 1020. The predicted molar refractivity (Wildman–Crippen MR) is 106 cm³/mol. The Morgan fingerprint density at radius 2 is 1.73 bits per heavy atom. The summed E-state index contributed by atoms with van der Waals surface area (Å²) in [7, 11) is 0. The van der Waals surface area contributed by atoms with Gasteiger partial charge in [0.25, 0.3) is 5.91 Å². The van der Waals surface area contributed by atoms with Crippen LogP contribution in [0.2, 0.25) is 0 Å². The maximum absolute atomic E-state index is 13.5. The summed E-state index contributed by atoms with van der Waals surface area (Å²) in [6.45, 7) is 1.83. The number of alkyl halides is 3. The van der Waals surface area contributed by atoms with E-state index in [2.05, 4.69) is 10.6 Å². The molecule has 0 aliphatic carbocycles. The Balaban J connectivity index is 1.75. The van der Waals surface area contributed by atoms with Crippen LogP contribution in [0, 0.1) is 0 Å². The van der Waals surface area contributed by atoms with Gasteiger partial charge in [0.05, 0.1) is 17.5 Å². The van der Waals surface area contributed by atoms with E-state index in [1.807, 2.05) is 37.3 Å². The fourth-order valence-electron chi connectivity index (χ4n) is 2.94. The number of furan rings is 1. The summed E-state index contributed by atoms with van der Waals surface area (Å²) in [5.74, 6) is -1.41. The molecular formula is C22H19F3N2O3. The topological polar surface area (TPSA) is 71.3 Å². The molecule has 1 atom stereocenters. The molecule has 0 fully saturated rings. The number of halogens is 3. The number of carbonyl (C=O) groups is 2. The van der Waals surface area contributed by atoms with Crippen molar-refractivity contribution in [1.29, 1.82) is 0 Å². The lowest BCUT2D eigenvalue weighted by Crippen LogP contribution is -2.19. The van der Waals surface area contributed by atoms with Crippen LogP contribution in [0.25, 0.3) is 0 Å². The minimum Gasteiger partial charge on any atom is -0.459 e. The van der Waals surface area contributed by atoms with Gasteiger partial charge in [-0.2, -0.15) is 13.2 Å². The van der Waals surface area contributed by atoms with Crippen LogP contribution in [-0.2, 0) is 11.0 Å². The summed E-state index contributed by atoms with van der Waals surface area (Å²) in [6.07, 6.45) is -3.41. The molecule has 0 radical (unpaired) electrons. The van der Waals surface area contributed by atoms with E-state index in [4.69, 9.17) is 4.42 Å². The van der Waals surface area contributed by atoms with Crippen molar-refractivity contribution in [2.45, 2.75) is 25.4 Å². The molecule has 0 bridgehead atoms. The van der Waals surface area contributed by atoms with Crippen molar-refractivity contribution < 1.29 is 27.2 Å². The van der Waals surface area contributed by atoms with Crippen LogP contribution in [0.4, 0.5) is 24.5 Å². The first-order chi connectivity index (χ1) is 14.2. The second-order valence-electron chi connectivity index (χ2n) is 6.75. The Kier molecular flexibility index (Phi) is 6.25. The molecule has 0 unspecified atom stereocenters. The Morgan fingerprint density at radius 3 is 2.37 bits per heavy atom. The molecule has 0 saturated carbocycles. The molecule has 2 N–H and O–H groups in total. The van der Waals surface area contributed by atoms with Crippen molar-refractivity contribution in [3.63, 3.8) is 0 Å². The number of hydrogen-bond donors (Lipinski definition) is 2. The van der Waals surface area contributed by atoms with E-state index < -0.39 is 23.6 Å². The third-order valence-electron chi connectivity index (χ3n) is 4.46. The van der Waals surface area contributed by atoms with Crippen LogP contribution >= 0.6 is 0 Å². The van der Waals surface area contributed by atoms with Crippen LogP contribution in [0.5, 0.6) is 0 Å². The van der Waals surface area contributed by atoms with E-state index in [-0.39, 0.29) is 29.5 Å². The van der Waals surface area contributed by atoms with Crippen molar-refractivity contribution in [3.05, 3.63) is 83.8 Å². The molecule has 3 aromatic rings. The third kappa shape index (κ3) is 5.28. The van der Waals surface area contributed by atoms with Crippen molar-refractivity contribution in [1.82, 2.24) is 0 Å². The summed E-state index contributed by atoms with van der Waals surface area (Å²) < 4.78 is 45.5. The van der Waals surface area contributed by atoms with Gasteiger partial charge in [-0.25, -0.2) is 0 Å². The highest BCUT2D eigenvalue weighted by atomic mass is 19.4. The molecule has 3 rings (SSSR count). The monoisotopic (exact) mass is 416 g/mol. The fourth-order valence-corrected chi connectivity index (χ4v) is 2.94. The van der Waals surface area contributed by atoms with Gasteiger partial charge in [0.1, 0.15) is 0 Å². The molecule has 2 amide bonds. The first-order valence-electron chi connectivity index (χ1n) is 9.15. The lowest BCUT2D eigenvalue weighted by molar-refractivity contribution is -0.136. The van der Waals surface area contributed by atoms with Gasteiger partial charge in [0.15, 0.2) is 5.76 Å². The van der Waals surface area contributed by atoms with Crippen LogP contribution in [0.3, 0.4) is 0 Å². The zero-order valence-electron chi connectivity index (χ0n) is 16.0. The average molecular weight is 416 g/mol. The Morgan fingerprint density at radius 1 is 1.00 bits per heavy atom. The Labute approximate surface area is 170 Å². The average Bonchev–Trinajstić information content (AvgIpc) is 3.24. The summed E-state index contributed by atoms with van der Waals surface area (Å²) in [5.41, 5.74) is -0.580. The quantitative estimate of drug-likeness (QED) is 0.543. The van der Waals surface area contributed by atoms with Crippen molar-refractivity contribution in [2.24, 2.45) is 0 Å². The molecule has 0 aliphatic rings. The number of benzene rings is 2. The minimum atomic E-state index is -4.72. The maximum atomic E-state index is 13.5. The highest BCUT2D eigenvalue weighted by Crippen LogP contribution is 2.37. The van der Waals surface area contributed by atoms with Crippen molar-refractivity contribution in [2.75, 3.05) is 10.6 Å². The number of carbonyl (C=O) groups excluding carboxylic acids is 2. The highest BCUT2D eigenvalue weighted by Gasteiger charge is 2.34. The van der Waals surface area contributed by atoms with Gasteiger partial charge < -0.3 is 15.1 Å². The molecule has 0 spiro atoms. The first kappa shape index (κ1) is 21.2. The van der Waals surface area contributed by atoms with Crippen molar-refractivity contribution >= 4 is 23.2 Å². The molecule has 0 saturated heterocycles. The molecular weight excluding hydrogens is 397 g/mol. The molecule has 30 heavy (non-hydrogen) atoms. The molecule has 1 aromatic heterocycles. The molecule has 5 nitrogen and oxygen atoms in total. The number of hydrogen-bond acceptors (Lipinski definition) is 3. The molecule has 0 aliphatic heterocycles. The summed E-state index contributed by atoms with van der Waals surface area (Å²) >= 11 is 0. The number of nitrogens with one attached hydrogen (secondary N) is 2. The van der Waals surface area contributed by atoms with Gasteiger partial charge in [0, 0.05) is 12.1 Å². The van der Waals surface area contributed by atoms with Crippen LogP contribution < -0.4 is 10.6 Å². The summed E-state index contributed by atoms with van der Waals surface area (Å²) in [6, 6.07) is 15.3. The largest absolute Gasteiger partial charge is 0.459 e. The summed E-state index contributed by atoms with van der Waals surface area (Å²) in [4.78, 5) is 24.3. The normalized spacial score (nSPS) is 12.3. The SMILES string of the molecule is C[C@H](CC(=O)Nc1ccc(NC(=O)c2ccco2)cc1C(F)(F)F)c1ccccc1. The van der Waals surface area contributed by atoms with Crippen LogP contribution in [-0.4, -0.2) is 11.8 Å². The van der Waals surface area contributed by atoms with Gasteiger partial charge in [-0.15, -0.1) is 0 Å².